The molecule has 1 unspecified atom stereocenters. The summed E-state index contributed by atoms with van der Waals surface area (Å²) in [6.07, 6.45) is 1.16. The maximum absolute atomic E-state index is 13.0. The van der Waals surface area contributed by atoms with Crippen molar-refractivity contribution in [1.82, 2.24) is 4.98 Å². The zero-order valence-corrected chi connectivity index (χ0v) is 7.68. The number of carbonyl (C=O) groups excluding carboxylic acids is 1. The lowest BCUT2D eigenvalue weighted by Crippen LogP contribution is -2.20. The molecule has 2 N–H and O–H groups in total. The van der Waals surface area contributed by atoms with Gasteiger partial charge >= 0.3 is 0 Å². The number of hydrogen-bond donors (Lipinski definition) is 1. The van der Waals surface area contributed by atoms with Crippen LogP contribution in [-0.4, -0.2) is 10.8 Å². The predicted octanol–water partition coefficient (Wildman–Crippen LogP) is 1.46. The van der Waals surface area contributed by atoms with E-state index in [0.29, 0.717) is 0 Å². The van der Waals surface area contributed by atoms with Gasteiger partial charge in [-0.15, -0.1) is 0 Å². The number of nitrogens with zero attached hydrogens (tertiary/aromatic N) is 1. The van der Waals surface area contributed by atoms with Gasteiger partial charge in [0.05, 0.1) is 11.1 Å². The Bertz CT molecular complexity index is 343. The third-order valence-electron chi connectivity index (χ3n) is 1.61. The van der Waals surface area contributed by atoms with Crippen molar-refractivity contribution in [2.24, 2.45) is 5.73 Å². The van der Waals surface area contributed by atoms with Crippen LogP contribution in [0.2, 0.25) is 5.02 Å². The first-order valence-corrected chi connectivity index (χ1v) is 3.97. The zero-order valence-electron chi connectivity index (χ0n) is 6.92. The van der Waals surface area contributed by atoms with E-state index in [1.165, 1.54) is 13.0 Å². The van der Waals surface area contributed by atoms with Gasteiger partial charge in [0.2, 0.25) is 5.95 Å². The molecule has 0 aliphatic carbocycles. The molecule has 0 aliphatic heterocycles. The van der Waals surface area contributed by atoms with Crippen LogP contribution < -0.4 is 5.73 Å². The number of hydrogen-bond acceptors (Lipinski definition) is 3. The van der Waals surface area contributed by atoms with Crippen LogP contribution in [0.1, 0.15) is 18.5 Å². The number of ketones is 1. The summed E-state index contributed by atoms with van der Waals surface area (Å²) in [6.45, 7) is 1.28. The van der Waals surface area contributed by atoms with Gasteiger partial charge in [-0.2, -0.15) is 4.39 Å². The third kappa shape index (κ3) is 2.23. The largest absolute Gasteiger partial charge is 0.318 e. The van der Waals surface area contributed by atoms with Crippen molar-refractivity contribution in [2.75, 3.05) is 0 Å². The summed E-state index contributed by atoms with van der Waals surface area (Å²) >= 11 is 5.57. The van der Waals surface area contributed by atoms with Gasteiger partial charge in [-0.1, -0.05) is 11.6 Å². The van der Waals surface area contributed by atoms with Gasteiger partial charge in [-0.05, 0) is 13.0 Å². The molecule has 0 fully saturated rings. The highest BCUT2D eigenvalue weighted by Crippen LogP contribution is 2.18. The summed E-state index contributed by atoms with van der Waals surface area (Å²) in [4.78, 5) is 14.2. The topological polar surface area (TPSA) is 56.0 Å². The minimum atomic E-state index is -0.994. The van der Waals surface area contributed by atoms with Crippen molar-refractivity contribution in [3.8, 4) is 0 Å². The monoisotopic (exact) mass is 202 g/mol. The maximum Gasteiger partial charge on any atom is 0.218 e. The van der Waals surface area contributed by atoms with Gasteiger partial charge in [-0.3, -0.25) is 4.79 Å². The van der Waals surface area contributed by atoms with E-state index in [1.54, 1.807) is 0 Å². The lowest BCUT2D eigenvalue weighted by Gasteiger charge is -2.08. The molecule has 1 aromatic heterocycles. The first kappa shape index (κ1) is 10.1. The fraction of sp³-hybridized carbons (Fsp3) is 0.250. The summed E-state index contributed by atoms with van der Waals surface area (Å²) in [5.74, 6) is -1.09. The minimum Gasteiger partial charge on any atom is -0.318 e. The van der Waals surface area contributed by atoms with E-state index in [4.69, 9.17) is 17.3 Å². The Morgan fingerprint density at radius 1 is 1.77 bits per heavy atom. The Morgan fingerprint density at radius 2 is 2.38 bits per heavy atom. The molecule has 13 heavy (non-hydrogen) atoms. The van der Waals surface area contributed by atoms with Crippen LogP contribution in [0, 0.1) is 5.95 Å². The van der Waals surface area contributed by atoms with Crippen molar-refractivity contribution in [2.45, 2.75) is 13.0 Å². The third-order valence-corrected chi connectivity index (χ3v) is 1.81. The molecule has 1 rings (SSSR count). The highest BCUT2D eigenvalue weighted by molar-refractivity contribution is 6.30. The van der Waals surface area contributed by atoms with Crippen LogP contribution in [0.3, 0.4) is 0 Å². The summed E-state index contributed by atoms with van der Waals surface area (Å²) in [5, 5.41) is 0.258. The Kier molecular flexibility index (Phi) is 2.95. The normalized spacial score (nSPS) is 12.6. The minimum absolute atomic E-state index is 0.0278. The average Bonchev–Trinajstić information content (AvgIpc) is 2.08. The Morgan fingerprint density at radius 3 is 2.92 bits per heavy atom. The summed E-state index contributed by atoms with van der Waals surface area (Å²) in [7, 11) is 0. The van der Waals surface area contributed by atoms with E-state index in [2.05, 4.69) is 4.98 Å². The highest BCUT2D eigenvalue weighted by Gasteiger charge is 2.16. The molecule has 0 saturated heterocycles. The molecule has 1 heterocycles. The first-order valence-electron chi connectivity index (χ1n) is 3.59. The van der Waals surface area contributed by atoms with E-state index in [1.807, 2.05) is 0 Å². The van der Waals surface area contributed by atoms with Crippen LogP contribution in [0.15, 0.2) is 12.3 Å². The second kappa shape index (κ2) is 3.81. The van der Waals surface area contributed by atoms with E-state index < -0.39 is 12.0 Å². The molecule has 0 amide bonds. The van der Waals surface area contributed by atoms with E-state index in [-0.39, 0.29) is 16.4 Å². The van der Waals surface area contributed by atoms with Gasteiger partial charge < -0.3 is 5.73 Å². The van der Waals surface area contributed by atoms with Crippen LogP contribution in [0.5, 0.6) is 0 Å². The van der Waals surface area contributed by atoms with E-state index in [9.17, 15) is 9.18 Å². The Balaban J connectivity index is 3.12. The number of carbonyl (C=O) groups is 1. The lowest BCUT2D eigenvalue weighted by molar-refractivity contribution is -0.118. The van der Waals surface area contributed by atoms with Gasteiger partial charge in [0.1, 0.15) is 0 Å². The van der Waals surface area contributed by atoms with Gasteiger partial charge in [0.15, 0.2) is 5.78 Å². The van der Waals surface area contributed by atoms with Crippen molar-refractivity contribution in [3.05, 3.63) is 28.8 Å². The molecular weight excluding hydrogens is 195 g/mol. The molecule has 1 atom stereocenters. The van der Waals surface area contributed by atoms with Crippen molar-refractivity contribution >= 4 is 17.4 Å². The molecule has 0 saturated carbocycles. The number of halogens is 2. The van der Waals surface area contributed by atoms with Crippen molar-refractivity contribution in [1.29, 1.82) is 0 Å². The number of nitrogens with two attached hydrogens (primary N) is 1. The molecule has 70 valence electrons. The first-order chi connectivity index (χ1) is 6.02. The number of aromatic nitrogens is 1. The van der Waals surface area contributed by atoms with Gasteiger partial charge in [-0.25, -0.2) is 4.98 Å². The molecule has 3 nitrogen and oxygen atoms in total. The smallest absolute Gasteiger partial charge is 0.218 e. The standard InChI is InChI=1S/C8H8ClFN2O/c1-4(13)7(11)6-2-5(9)3-12-8(6)10/h2-3,7H,11H2,1H3. The maximum atomic E-state index is 13.0. The number of pyridine rings is 1. The van der Waals surface area contributed by atoms with Crippen LogP contribution >= 0.6 is 11.6 Å². The number of rotatable bonds is 2. The second-order valence-corrected chi connectivity index (χ2v) is 3.06. The fourth-order valence-corrected chi connectivity index (χ4v) is 1.04. The van der Waals surface area contributed by atoms with Crippen molar-refractivity contribution < 1.29 is 9.18 Å². The summed E-state index contributed by atoms with van der Waals surface area (Å²) in [5.41, 5.74) is 5.45. The fourth-order valence-electron chi connectivity index (χ4n) is 0.875. The molecule has 0 aliphatic rings. The van der Waals surface area contributed by atoms with Gasteiger partial charge in [0.25, 0.3) is 0 Å². The molecule has 1 aromatic rings. The Labute approximate surface area is 79.7 Å². The van der Waals surface area contributed by atoms with Crippen LogP contribution in [-0.2, 0) is 4.79 Å². The van der Waals surface area contributed by atoms with Crippen molar-refractivity contribution in [3.63, 3.8) is 0 Å². The lowest BCUT2D eigenvalue weighted by atomic mass is 10.1. The highest BCUT2D eigenvalue weighted by atomic mass is 35.5. The van der Waals surface area contributed by atoms with Crippen LogP contribution in [0.25, 0.3) is 0 Å². The van der Waals surface area contributed by atoms with E-state index in [0.717, 1.165) is 6.20 Å². The quantitative estimate of drug-likeness (QED) is 0.739. The van der Waals surface area contributed by atoms with E-state index >= 15 is 0 Å². The zero-order chi connectivity index (χ0) is 10.0. The molecule has 0 bridgehead atoms. The second-order valence-electron chi connectivity index (χ2n) is 2.62. The molecule has 0 aromatic carbocycles. The molecule has 0 spiro atoms. The SMILES string of the molecule is CC(=O)C(N)c1cc(Cl)cnc1F. The molecule has 5 heteroatoms. The summed E-state index contributed by atoms with van der Waals surface area (Å²) < 4.78 is 13.0. The summed E-state index contributed by atoms with van der Waals surface area (Å²) in [6, 6.07) is 0.307. The average molecular weight is 203 g/mol. The predicted molar refractivity (Wildman–Crippen MR) is 46.8 cm³/mol. The number of Topliss-reactive ketones (excluding diaryl/α,β-unsaturated/α-hetero) is 1. The van der Waals surface area contributed by atoms with Crippen LogP contribution in [0.4, 0.5) is 4.39 Å². The molecular formula is C8H8ClFN2O. The Hall–Kier alpha value is -1.00. The molecule has 0 radical (unpaired) electrons. The van der Waals surface area contributed by atoms with Gasteiger partial charge in [0, 0.05) is 11.8 Å².